The summed E-state index contributed by atoms with van der Waals surface area (Å²) in [5, 5.41) is 41.4. The lowest BCUT2D eigenvalue weighted by Gasteiger charge is -2.40. The largest absolute Gasteiger partial charge is 0.394 e. The fourth-order valence-corrected chi connectivity index (χ4v) is 2.42. The van der Waals surface area contributed by atoms with E-state index in [0.29, 0.717) is 13.4 Å². The van der Waals surface area contributed by atoms with Gasteiger partial charge in [0.05, 0.1) is 12.6 Å². The van der Waals surface area contributed by atoms with Crippen LogP contribution in [0.2, 0.25) is 0 Å². The second kappa shape index (κ2) is 9.65. The van der Waals surface area contributed by atoms with Crippen molar-refractivity contribution in [3.63, 3.8) is 0 Å². The Kier molecular flexibility index (Phi) is 7.79. The summed E-state index contributed by atoms with van der Waals surface area (Å²) < 4.78 is 12.1. The molecule has 1 saturated heterocycles. The molecule has 1 aliphatic heterocycles. The third kappa shape index (κ3) is 5.27. The third-order valence-electron chi connectivity index (χ3n) is 3.71. The maximum Gasteiger partial charge on any atom is 0.173 e. The van der Waals surface area contributed by atoms with Crippen LogP contribution in [0.1, 0.15) is 46.8 Å². The molecule has 0 aromatic heterocycles. The average molecular weight is 292 g/mol. The summed E-state index contributed by atoms with van der Waals surface area (Å²) in [6.07, 6.45) is 1.70. The summed E-state index contributed by atoms with van der Waals surface area (Å²) in [5.74, 6) is 0. The molecule has 6 heteroatoms. The molecule has 0 aromatic rings. The fraction of sp³-hybridized carbons (Fsp3) is 1.00. The van der Waals surface area contributed by atoms with E-state index in [-0.39, 0.29) is 0 Å². The van der Waals surface area contributed by atoms with E-state index in [1.54, 1.807) is 0 Å². The molecule has 120 valence electrons. The maximum atomic E-state index is 9.93. The van der Waals surface area contributed by atoms with Gasteiger partial charge in [-0.1, -0.05) is 39.0 Å². The quantitative estimate of drug-likeness (QED) is 0.375. The molecule has 0 spiro atoms. The first kappa shape index (κ1) is 16.1. The Balaban J connectivity index is 2.16. The smallest absolute Gasteiger partial charge is 0.173 e. The van der Waals surface area contributed by atoms with Crippen molar-refractivity contribution in [3.8, 4) is 0 Å². The minimum atomic E-state index is -1.24. The summed E-state index contributed by atoms with van der Waals surface area (Å²) in [6, 6.07) is -0.744. The van der Waals surface area contributed by atoms with E-state index in [2.05, 4.69) is 5.32 Å². The Morgan fingerprint density at radius 3 is 2.45 bits per heavy atom. The zero-order valence-corrected chi connectivity index (χ0v) is 11.9. The van der Waals surface area contributed by atoms with Crippen LogP contribution in [0.3, 0.4) is 0 Å². The molecule has 1 heterocycles. The Morgan fingerprint density at radius 2 is 1.75 bits per heavy atom. The van der Waals surface area contributed by atoms with Gasteiger partial charge >= 0.3 is 0 Å². The maximum absolute atomic E-state index is 9.93. The van der Waals surface area contributed by atoms with Crippen molar-refractivity contribution in [1.29, 1.82) is 0 Å². The molecule has 20 heavy (non-hydrogen) atoms. The van der Waals surface area contributed by atoms with Crippen LogP contribution < -0.4 is 5.32 Å². The molecule has 5 atom stereocenters. The number of aliphatic hydroxyl groups is 4. The molecule has 6 nitrogen and oxygen atoms in total. The number of unbranched alkanes of at least 4 members (excludes halogenated alkanes) is 5. The van der Waals surface area contributed by atoms with Crippen molar-refractivity contribution in [2.45, 2.75) is 76.1 Å². The van der Waals surface area contributed by atoms with E-state index in [9.17, 15) is 15.3 Å². The van der Waals surface area contributed by atoms with E-state index in [1.807, 2.05) is 0 Å². The van der Waals surface area contributed by atoms with Gasteiger partial charge in [0, 0.05) is 1.37 Å². The first-order chi connectivity index (χ1) is 10.1. The van der Waals surface area contributed by atoms with E-state index in [0.717, 1.165) is 38.5 Å². The molecule has 0 aromatic carbocycles. The standard InChI is InChI=1S/C14H29NO5/c1-2-3-4-5-6-7-8-15-11-13(18)12(17)10(9-16)20-14(11)19/h10-19H,2-9H2,1H3/t10-,11-,12-,13-,14?/m1/s1/i1D. The van der Waals surface area contributed by atoms with Crippen LogP contribution in [0, 0.1) is 0 Å². The molecule has 1 aliphatic rings. The van der Waals surface area contributed by atoms with Crippen LogP contribution in [-0.2, 0) is 4.74 Å². The van der Waals surface area contributed by atoms with Crippen molar-refractivity contribution < 1.29 is 26.5 Å². The van der Waals surface area contributed by atoms with Crippen molar-refractivity contribution in [3.05, 3.63) is 0 Å². The van der Waals surface area contributed by atoms with Gasteiger partial charge in [-0.3, -0.25) is 0 Å². The van der Waals surface area contributed by atoms with Crippen LogP contribution in [0.25, 0.3) is 0 Å². The molecule has 0 bridgehead atoms. The predicted octanol–water partition coefficient (Wildman–Crippen LogP) is -0.264. The Morgan fingerprint density at radius 1 is 1.05 bits per heavy atom. The summed E-state index contributed by atoms with van der Waals surface area (Å²) >= 11 is 0. The van der Waals surface area contributed by atoms with Crippen LogP contribution >= 0.6 is 0 Å². The minimum Gasteiger partial charge on any atom is -0.394 e. The van der Waals surface area contributed by atoms with Gasteiger partial charge in [-0.25, -0.2) is 0 Å². The highest BCUT2D eigenvalue weighted by Gasteiger charge is 2.43. The number of nitrogens with one attached hydrogen (secondary N) is 1. The van der Waals surface area contributed by atoms with Gasteiger partial charge in [-0.2, -0.15) is 0 Å². The lowest BCUT2D eigenvalue weighted by molar-refractivity contribution is -0.254. The zero-order chi connectivity index (χ0) is 15.7. The van der Waals surface area contributed by atoms with Gasteiger partial charge in [-0.15, -0.1) is 0 Å². The summed E-state index contributed by atoms with van der Waals surface area (Å²) in [7, 11) is 0. The Bertz CT molecular complexity index is 272. The molecule has 0 radical (unpaired) electrons. The van der Waals surface area contributed by atoms with Crippen LogP contribution in [0.5, 0.6) is 0 Å². The lowest BCUT2D eigenvalue weighted by atomic mass is 9.97. The van der Waals surface area contributed by atoms with Crippen LogP contribution in [0.4, 0.5) is 0 Å². The van der Waals surface area contributed by atoms with Gasteiger partial charge in [-0.05, 0) is 13.0 Å². The van der Waals surface area contributed by atoms with E-state index < -0.39 is 37.3 Å². The highest BCUT2D eigenvalue weighted by Crippen LogP contribution is 2.19. The monoisotopic (exact) mass is 292 g/mol. The molecule has 5 N–H and O–H groups in total. The number of aliphatic hydroxyl groups excluding tert-OH is 4. The first-order valence-corrected chi connectivity index (χ1v) is 7.45. The normalized spacial score (nSPS) is 35.0. The molecule has 0 aliphatic carbocycles. The predicted molar refractivity (Wildman–Crippen MR) is 75.1 cm³/mol. The fourth-order valence-electron chi connectivity index (χ4n) is 2.42. The van der Waals surface area contributed by atoms with E-state index in [4.69, 9.17) is 11.2 Å². The second-order valence-electron chi connectivity index (χ2n) is 5.33. The first-order valence-electron chi connectivity index (χ1n) is 8.15. The molecule has 0 amide bonds. The van der Waals surface area contributed by atoms with Crippen molar-refractivity contribution in [2.24, 2.45) is 0 Å². The molecular formula is C14H29NO5. The topological polar surface area (TPSA) is 102 Å². The Hall–Kier alpha value is -0.240. The second-order valence-corrected chi connectivity index (χ2v) is 5.33. The molecule has 0 saturated carbocycles. The number of hydrogen-bond donors (Lipinski definition) is 5. The van der Waals surface area contributed by atoms with E-state index in [1.165, 1.54) is 0 Å². The molecule has 1 unspecified atom stereocenters. The third-order valence-corrected chi connectivity index (χ3v) is 3.71. The van der Waals surface area contributed by atoms with Gasteiger partial charge < -0.3 is 30.5 Å². The minimum absolute atomic E-state index is 0.444. The summed E-state index contributed by atoms with van der Waals surface area (Å²) in [4.78, 5) is 0. The summed E-state index contributed by atoms with van der Waals surface area (Å²) in [5.41, 5.74) is 0. The number of hydrogen-bond acceptors (Lipinski definition) is 6. The molecule has 1 rings (SSSR count). The Labute approximate surface area is 122 Å². The van der Waals surface area contributed by atoms with Crippen molar-refractivity contribution in [2.75, 3.05) is 13.2 Å². The van der Waals surface area contributed by atoms with Crippen molar-refractivity contribution in [1.82, 2.24) is 5.32 Å². The number of rotatable bonds is 9. The molecule has 1 fully saturated rings. The van der Waals surface area contributed by atoms with Gasteiger partial charge in [0.15, 0.2) is 6.29 Å². The SMILES string of the molecule is [2H]CCCCCCCCN[C@H]1C(O)O[C@H](CO)[C@@H](O)[C@@H]1O. The zero-order valence-electron chi connectivity index (χ0n) is 12.9. The highest BCUT2D eigenvalue weighted by atomic mass is 16.6. The van der Waals surface area contributed by atoms with Crippen LogP contribution in [0.15, 0.2) is 0 Å². The van der Waals surface area contributed by atoms with Crippen molar-refractivity contribution >= 4 is 0 Å². The summed E-state index contributed by atoms with van der Waals surface area (Å²) in [6.45, 7) is 0.674. The van der Waals surface area contributed by atoms with Gasteiger partial charge in [0.25, 0.3) is 0 Å². The van der Waals surface area contributed by atoms with Gasteiger partial charge in [0.2, 0.25) is 0 Å². The van der Waals surface area contributed by atoms with Crippen LogP contribution in [-0.4, -0.2) is 64.2 Å². The average Bonchev–Trinajstić information content (AvgIpc) is 2.48. The lowest BCUT2D eigenvalue weighted by Crippen LogP contribution is -2.63. The number of ether oxygens (including phenoxy) is 1. The molecular weight excluding hydrogens is 262 g/mol. The highest BCUT2D eigenvalue weighted by molar-refractivity contribution is 4.92. The van der Waals surface area contributed by atoms with E-state index >= 15 is 0 Å². The van der Waals surface area contributed by atoms with Gasteiger partial charge in [0.1, 0.15) is 18.3 Å².